The lowest BCUT2D eigenvalue weighted by Crippen LogP contribution is -2.41. The van der Waals surface area contributed by atoms with E-state index in [0.29, 0.717) is 11.8 Å². The summed E-state index contributed by atoms with van der Waals surface area (Å²) in [5, 5.41) is 3.00. The van der Waals surface area contributed by atoms with Gasteiger partial charge < -0.3 is 14.8 Å². The molecule has 1 aliphatic carbocycles. The highest BCUT2D eigenvalue weighted by Crippen LogP contribution is 2.22. The molecule has 7 nitrogen and oxygen atoms in total. The Morgan fingerprint density at radius 3 is 2.62 bits per heavy atom. The SMILES string of the molecule is O=C(COc1cccnc1)NC1CCC(Oc2ncccn2)CC1. The number of nitrogens with zero attached hydrogens (tertiary/aromatic N) is 3. The van der Waals surface area contributed by atoms with Crippen LogP contribution in [-0.4, -0.2) is 39.6 Å². The summed E-state index contributed by atoms with van der Waals surface area (Å²) >= 11 is 0. The number of hydrogen-bond acceptors (Lipinski definition) is 6. The third-order valence-electron chi connectivity index (χ3n) is 3.86. The van der Waals surface area contributed by atoms with Crippen molar-refractivity contribution in [1.29, 1.82) is 0 Å². The maximum absolute atomic E-state index is 11.9. The van der Waals surface area contributed by atoms with Gasteiger partial charge in [-0.2, -0.15) is 0 Å². The summed E-state index contributed by atoms with van der Waals surface area (Å²) in [6.45, 7) is -0.0000226. The monoisotopic (exact) mass is 328 g/mol. The molecule has 0 aromatic carbocycles. The second-order valence-electron chi connectivity index (χ2n) is 5.67. The van der Waals surface area contributed by atoms with E-state index < -0.39 is 0 Å². The van der Waals surface area contributed by atoms with Gasteiger partial charge in [0.15, 0.2) is 6.61 Å². The summed E-state index contributed by atoms with van der Waals surface area (Å²) in [6.07, 6.45) is 10.2. The van der Waals surface area contributed by atoms with Crippen molar-refractivity contribution in [1.82, 2.24) is 20.3 Å². The Balaban J connectivity index is 1.36. The highest BCUT2D eigenvalue weighted by atomic mass is 16.5. The van der Waals surface area contributed by atoms with Crippen molar-refractivity contribution in [2.24, 2.45) is 0 Å². The lowest BCUT2D eigenvalue weighted by molar-refractivity contribution is -0.124. The van der Waals surface area contributed by atoms with Crippen LogP contribution in [0.1, 0.15) is 25.7 Å². The summed E-state index contributed by atoms with van der Waals surface area (Å²) in [5.41, 5.74) is 0. The van der Waals surface area contributed by atoms with E-state index in [2.05, 4.69) is 20.3 Å². The van der Waals surface area contributed by atoms with Gasteiger partial charge in [-0.3, -0.25) is 9.78 Å². The van der Waals surface area contributed by atoms with Crippen LogP contribution in [0.15, 0.2) is 43.0 Å². The van der Waals surface area contributed by atoms with Gasteiger partial charge in [0, 0.05) is 24.6 Å². The third kappa shape index (κ3) is 4.91. The number of pyridine rings is 1. The maximum atomic E-state index is 11.9. The molecule has 1 fully saturated rings. The predicted octanol–water partition coefficient (Wildman–Crippen LogP) is 1.76. The molecule has 0 atom stereocenters. The zero-order valence-electron chi connectivity index (χ0n) is 13.3. The number of hydrogen-bond donors (Lipinski definition) is 1. The molecule has 24 heavy (non-hydrogen) atoms. The Morgan fingerprint density at radius 1 is 1.12 bits per heavy atom. The summed E-state index contributed by atoms with van der Waals surface area (Å²) < 4.78 is 11.1. The number of rotatable bonds is 6. The molecule has 2 heterocycles. The standard InChI is InChI=1S/C17H20N4O3/c22-16(12-23-15-3-1-8-18-11-15)21-13-4-6-14(7-5-13)24-17-19-9-2-10-20-17/h1-3,8-11,13-14H,4-7,12H2,(H,21,22). The molecule has 1 N–H and O–H groups in total. The van der Waals surface area contributed by atoms with E-state index in [1.807, 2.05) is 0 Å². The zero-order valence-corrected chi connectivity index (χ0v) is 13.3. The Hall–Kier alpha value is -2.70. The van der Waals surface area contributed by atoms with Crippen LogP contribution >= 0.6 is 0 Å². The molecule has 1 saturated carbocycles. The summed E-state index contributed by atoms with van der Waals surface area (Å²) in [4.78, 5) is 24.0. The smallest absolute Gasteiger partial charge is 0.316 e. The van der Waals surface area contributed by atoms with Gasteiger partial charge in [-0.1, -0.05) is 0 Å². The topological polar surface area (TPSA) is 86.2 Å². The van der Waals surface area contributed by atoms with Gasteiger partial charge in [0.1, 0.15) is 11.9 Å². The maximum Gasteiger partial charge on any atom is 0.316 e. The molecule has 2 aromatic rings. The van der Waals surface area contributed by atoms with Gasteiger partial charge >= 0.3 is 6.01 Å². The van der Waals surface area contributed by atoms with E-state index >= 15 is 0 Å². The molecule has 1 aliphatic rings. The highest BCUT2D eigenvalue weighted by molar-refractivity contribution is 5.77. The first-order valence-electron chi connectivity index (χ1n) is 8.05. The van der Waals surface area contributed by atoms with Crippen molar-refractivity contribution in [3.63, 3.8) is 0 Å². The molecular weight excluding hydrogens is 308 g/mol. The van der Waals surface area contributed by atoms with E-state index in [1.165, 1.54) is 0 Å². The molecule has 0 spiro atoms. The molecule has 3 rings (SSSR count). The fraction of sp³-hybridized carbons (Fsp3) is 0.412. The zero-order chi connectivity index (χ0) is 16.6. The molecule has 2 aromatic heterocycles. The van der Waals surface area contributed by atoms with E-state index in [1.54, 1.807) is 43.0 Å². The number of carbonyl (C=O) groups is 1. The molecule has 0 saturated heterocycles. The lowest BCUT2D eigenvalue weighted by atomic mass is 9.93. The Kier molecular flexibility index (Phi) is 5.55. The first-order chi connectivity index (χ1) is 11.8. The Morgan fingerprint density at radius 2 is 1.92 bits per heavy atom. The van der Waals surface area contributed by atoms with Crippen molar-refractivity contribution in [3.05, 3.63) is 43.0 Å². The number of carbonyl (C=O) groups excluding carboxylic acids is 1. The van der Waals surface area contributed by atoms with Crippen LogP contribution in [0, 0.1) is 0 Å². The molecular formula is C17H20N4O3. The van der Waals surface area contributed by atoms with Crippen LogP contribution in [0.2, 0.25) is 0 Å². The minimum absolute atomic E-state index is 0.0000226. The van der Waals surface area contributed by atoms with E-state index in [9.17, 15) is 4.79 Å². The molecule has 0 bridgehead atoms. The van der Waals surface area contributed by atoms with Gasteiger partial charge in [0.05, 0.1) is 6.20 Å². The molecule has 7 heteroatoms. The second-order valence-corrected chi connectivity index (χ2v) is 5.67. The van der Waals surface area contributed by atoms with Crippen molar-refractivity contribution >= 4 is 5.91 Å². The fourth-order valence-electron chi connectivity index (χ4n) is 2.67. The largest absolute Gasteiger partial charge is 0.482 e. The van der Waals surface area contributed by atoms with Gasteiger partial charge in [-0.05, 0) is 43.9 Å². The first-order valence-corrected chi connectivity index (χ1v) is 8.05. The minimum Gasteiger partial charge on any atom is -0.482 e. The quantitative estimate of drug-likeness (QED) is 0.869. The number of amides is 1. The minimum atomic E-state index is -0.116. The summed E-state index contributed by atoms with van der Waals surface area (Å²) in [5.74, 6) is 0.474. The summed E-state index contributed by atoms with van der Waals surface area (Å²) in [7, 11) is 0. The van der Waals surface area contributed by atoms with Crippen LogP contribution in [-0.2, 0) is 4.79 Å². The van der Waals surface area contributed by atoms with E-state index in [0.717, 1.165) is 25.7 Å². The molecule has 126 valence electrons. The van der Waals surface area contributed by atoms with Crippen molar-refractivity contribution in [3.8, 4) is 11.8 Å². The average molecular weight is 328 g/mol. The summed E-state index contributed by atoms with van der Waals surface area (Å²) in [6, 6.07) is 5.87. The molecule has 0 unspecified atom stereocenters. The number of ether oxygens (including phenoxy) is 2. The second kappa shape index (κ2) is 8.24. The van der Waals surface area contributed by atoms with Crippen LogP contribution in [0.5, 0.6) is 11.8 Å². The van der Waals surface area contributed by atoms with Gasteiger partial charge in [0.2, 0.25) is 0 Å². The molecule has 0 radical (unpaired) electrons. The van der Waals surface area contributed by atoms with Crippen molar-refractivity contribution in [2.45, 2.75) is 37.8 Å². The van der Waals surface area contributed by atoms with Crippen molar-refractivity contribution < 1.29 is 14.3 Å². The number of nitrogens with one attached hydrogen (secondary N) is 1. The average Bonchev–Trinajstić information content (AvgIpc) is 2.63. The third-order valence-corrected chi connectivity index (χ3v) is 3.86. The molecule has 1 amide bonds. The highest BCUT2D eigenvalue weighted by Gasteiger charge is 2.24. The normalized spacial score (nSPS) is 20.2. The lowest BCUT2D eigenvalue weighted by Gasteiger charge is -2.28. The van der Waals surface area contributed by atoms with Crippen LogP contribution in [0.4, 0.5) is 0 Å². The van der Waals surface area contributed by atoms with E-state index in [-0.39, 0.29) is 24.7 Å². The van der Waals surface area contributed by atoms with Gasteiger partial charge in [-0.15, -0.1) is 0 Å². The predicted molar refractivity (Wildman–Crippen MR) is 86.6 cm³/mol. The van der Waals surface area contributed by atoms with Crippen LogP contribution in [0.25, 0.3) is 0 Å². The van der Waals surface area contributed by atoms with E-state index in [4.69, 9.17) is 9.47 Å². The van der Waals surface area contributed by atoms with Crippen molar-refractivity contribution in [2.75, 3.05) is 6.61 Å². The Bertz CT molecular complexity index is 631. The first kappa shape index (κ1) is 16.2. The van der Waals surface area contributed by atoms with Gasteiger partial charge in [0.25, 0.3) is 5.91 Å². The van der Waals surface area contributed by atoms with Crippen LogP contribution in [0.3, 0.4) is 0 Å². The van der Waals surface area contributed by atoms with Crippen LogP contribution < -0.4 is 14.8 Å². The Labute approximate surface area is 140 Å². The van der Waals surface area contributed by atoms with Gasteiger partial charge in [-0.25, -0.2) is 9.97 Å². The number of aromatic nitrogens is 3. The molecule has 0 aliphatic heterocycles. The fourth-order valence-corrected chi connectivity index (χ4v) is 2.67.